The molecule has 2 aliphatic rings. The van der Waals surface area contributed by atoms with Crippen molar-refractivity contribution in [2.75, 3.05) is 7.05 Å². The summed E-state index contributed by atoms with van der Waals surface area (Å²) < 4.78 is 0. The van der Waals surface area contributed by atoms with E-state index in [4.69, 9.17) is 0 Å². The zero-order valence-electron chi connectivity index (χ0n) is 21.6. The smallest absolute Gasteiger partial charge is 0.0277 e. The molecule has 0 radical (unpaired) electrons. The van der Waals surface area contributed by atoms with E-state index in [1.54, 1.807) is 11.1 Å². The Kier molecular flexibility index (Phi) is 11.3. The van der Waals surface area contributed by atoms with Crippen molar-refractivity contribution in [2.24, 2.45) is 34.1 Å². The van der Waals surface area contributed by atoms with Crippen LogP contribution in [0.3, 0.4) is 0 Å². The Hall–Kier alpha value is -1.11. The summed E-state index contributed by atoms with van der Waals surface area (Å²) in [4.78, 5) is 4.11. The van der Waals surface area contributed by atoms with Crippen LogP contribution in [0.15, 0.2) is 40.4 Å². The lowest BCUT2D eigenvalue weighted by Crippen LogP contribution is -2.11. The molecule has 0 spiro atoms. The molecule has 2 fully saturated rings. The van der Waals surface area contributed by atoms with Gasteiger partial charge in [0.1, 0.15) is 0 Å². The van der Waals surface area contributed by atoms with Crippen molar-refractivity contribution < 1.29 is 0 Å². The van der Waals surface area contributed by atoms with Crippen molar-refractivity contribution in [3.63, 3.8) is 0 Å². The first-order chi connectivity index (χ1) is 15.0. The summed E-state index contributed by atoms with van der Waals surface area (Å²) in [6, 6.07) is 0. The van der Waals surface area contributed by atoms with Gasteiger partial charge >= 0.3 is 0 Å². The first kappa shape index (κ1) is 26.1. The van der Waals surface area contributed by atoms with Crippen molar-refractivity contribution in [3.8, 4) is 0 Å². The van der Waals surface area contributed by atoms with Crippen molar-refractivity contribution in [3.05, 3.63) is 35.5 Å². The van der Waals surface area contributed by atoms with Gasteiger partial charge in [-0.05, 0) is 100 Å². The van der Waals surface area contributed by atoms with Crippen molar-refractivity contribution in [2.45, 2.75) is 112 Å². The normalized spacial score (nSPS) is 27.1. The van der Waals surface area contributed by atoms with Gasteiger partial charge in [0, 0.05) is 13.3 Å². The molecular formula is C30H51N. The third kappa shape index (κ3) is 8.39. The molecule has 0 heterocycles. The molecule has 0 aromatic rings. The zero-order chi connectivity index (χ0) is 22.7. The van der Waals surface area contributed by atoms with E-state index in [0.29, 0.717) is 11.3 Å². The van der Waals surface area contributed by atoms with E-state index < -0.39 is 0 Å². The van der Waals surface area contributed by atoms with Crippen LogP contribution in [0.25, 0.3) is 0 Å². The standard InChI is InChI=1S/C30H51N/c1-7-13-26(8-2)27(9-3)19-20-30(5)23-29(30)28(16-10-11-21-31-6)22-24(4)17-18-25-14-12-15-25/h9-11,21-22,25-26,28-29H,7-8,12-20,23H2,1-6H3/b11-10+,24-22+,27-9+,31-21-/t26?,28?,29?,30-/m0/s1. The van der Waals surface area contributed by atoms with Gasteiger partial charge in [0.25, 0.3) is 0 Å². The van der Waals surface area contributed by atoms with Crippen LogP contribution in [0.5, 0.6) is 0 Å². The SMILES string of the molecule is C/C=C(\CC[C@@]1(C)CC1C(/C=C(\C)CCC1CCC1)C/C=C/C=N\C)C(CC)CCC. The zero-order valence-corrected chi connectivity index (χ0v) is 21.6. The Morgan fingerprint density at radius 3 is 2.55 bits per heavy atom. The summed E-state index contributed by atoms with van der Waals surface area (Å²) in [7, 11) is 1.85. The van der Waals surface area contributed by atoms with E-state index in [1.165, 1.54) is 70.6 Å². The van der Waals surface area contributed by atoms with E-state index >= 15 is 0 Å². The van der Waals surface area contributed by atoms with E-state index in [1.807, 2.05) is 13.3 Å². The number of aliphatic imine (C=N–C) groups is 1. The number of hydrogen-bond donors (Lipinski definition) is 0. The van der Waals surface area contributed by atoms with Crippen LogP contribution in [0.1, 0.15) is 112 Å². The fourth-order valence-electron chi connectivity index (χ4n) is 5.81. The molecule has 1 heteroatoms. The average molecular weight is 426 g/mol. The minimum Gasteiger partial charge on any atom is -0.297 e. The third-order valence-electron chi connectivity index (χ3n) is 8.40. The van der Waals surface area contributed by atoms with Gasteiger partial charge in [-0.2, -0.15) is 0 Å². The quantitative estimate of drug-likeness (QED) is 0.183. The van der Waals surface area contributed by atoms with Gasteiger partial charge in [-0.1, -0.05) is 75.8 Å². The Balaban J connectivity index is 1.97. The molecule has 2 aliphatic carbocycles. The van der Waals surface area contributed by atoms with Gasteiger partial charge in [0.05, 0.1) is 0 Å². The number of allylic oxidation sites excluding steroid dienone is 6. The number of rotatable bonds is 15. The molecule has 0 bridgehead atoms. The highest BCUT2D eigenvalue weighted by Gasteiger charge is 2.52. The molecule has 1 nitrogen and oxygen atoms in total. The fraction of sp³-hybridized carbons (Fsp3) is 0.767. The Bertz CT molecular complexity index is 633. The number of hydrogen-bond acceptors (Lipinski definition) is 1. The Morgan fingerprint density at radius 1 is 1.19 bits per heavy atom. The van der Waals surface area contributed by atoms with Crippen LogP contribution in [0, 0.1) is 29.1 Å². The van der Waals surface area contributed by atoms with Crippen molar-refractivity contribution in [1.29, 1.82) is 0 Å². The average Bonchev–Trinajstić information content (AvgIpc) is 3.40. The first-order valence-electron chi connectivity index (χ1n) is 13.4. The maximum Gasteiger partial charge on any atom is 0.0277 e. The summed E-state index contributed by atoms with van der Waals surface area (Å²) >= 11 is 0. The summed E-state index contributed by atoms with van der Waals surface area (Å²) in [5.41, 5.74) is 3.88. The molecule has 2 saturated carbocycles. The second-order valence-corrected chi connectivity index (χ2v) is 10.8. The lowest BCUT2D eigenvalue weighted by molar-refractivity contribution is 0.296. The maximum atomic E-state index is 4.11. The van der Waals surface area contributed by atoms with Crippen LogP contribution in [-0.2, 0) is 0 Å². The highest BCUT2D eigenvalue weighted by molar-refractivity contribution is 5.70. The lowest BCUT2D eigenvalue weighted by atomic mass is 9.80. The summed E-state index contributed by atoms with van der Waals surface area (Å²) in [6.07, 6.45) is 27.8. The van der Waals surface area contributed by atoms with Crippen LogP contribution in [0.4, 0.5) is 0 Å². The lowest BCUT2D eigenvalue weighted by Gasteiger charge is -2.25. The topological polar surface area (TPSA) is 12.4 Å². The van der Waals surface area contributed by atoms with Crippen LogP contribution < -0.4 is 0 Å². The van der Waals surface area contributed by atoms with Gasteiger partial charge in [0.15, 0.2) is 0 Å². The monoisotopic (exact) mass is 425 g/mol. The highest BCUT2D eigenvalue weighted by Crippen LogP contribution is 2.61. The van der Waals surface area contributed by atoms with Crippen molar-refractivity contribution >= 4 is 6.21 Å². The van der Waals surface area contributed by atoms with Crippen LogP contribution >= 0.6 is 0 Å². The van der Waals surface area contributed by atoms with E-state index in [0.717, 1.165) is 24.2 Å². The molecule has 176 valence electrons. The third-order valence-corrected chi connectivity index (χ3v) is 8.40. The molecule has 2 rings (SSSR count). The minimum atomic E-state index is 0.529. The maximum absolute atomic E-state index is 4.11. The van der Waals surface area contributed by atoms with Gasteiger partial charge in [0.2, 0.25) is 0 Å². The molecule has 4 atom stereocenters. The first-order valence-corrected chi connectivity index (χ1v) is 13.4. The molecule has 0 saturated heterocycles. The summed E-state index contributed by atoms with van der Waals surface area (Å²) in [5.74, 6) is 3.36. The van der Waals surface area contributed by atoms with Gasteiger partial charge in [-0.3, -0.25) is 4.99 Å². The minimum absolute atomic E-state index is 0.529. The summed E-state index contributed by atoms with van der Waals surface area (Å²) in [5, 5.41) is 0. The molecule has 3 unspecified atom stereocenters. The second-order valence-electron chi connectivity index (χ2n) is 10.8. The van der Waals surface area contributed by atoms with Gasteiger partial charge in [-0.15, -0.1) is 0 Å². The molecule has 0 aromatic carbocycles. The molecule has 0 aliphatic heterocycles. The summed E-state index contributed by atoms with van der Waals surface area (Å²) in [6.45, 7) is 11.9. The predicted octanol–water partition coefficient (Wildman–Crippen LogP) is 9.36. The largest absolute Gasteiger partial charge is 0.297 e. The highest BCUT2D eigenvalue weighted by atomic mass is 14.6. The van der Waals surface area contributed by atoms with Gasteiger partial charge in [-0.25, -0.2) is 0 Å². The van der Waals surface area contributed by atoms with Gasteiger partial charge < -0.3 is 0 Å². The van der Waals surface area contributed by atoms with E-state index in [2.05, 4.69) is 63.9 Å². The van der Waals surface area contributed by atoms with E-state index in [-0.39, 0.29) is 0 Å². The molecule has 0 amide bonds. The van der Waals surface area contributed by atoms with E-state index in [9.17, 15) is 0 Å². The second kappa shape index (κ2) is 13.4. The molecular weight excluding hydrogens is 374 g/mol. The molecule has 0 aromatic heterocycles. The van der Waals surface area contributed by atoms with Crippen LogP contribution in [0.2, 0.25) is 0 Å². The Labute approximate surface area is 194 Å². The van der Waals surface area contributed by atoms with Crippen LogP contribution in [-0.4, -0.2) is 13.3 Å². The van der Waals surface area contributed by atoms with Crippen molar-refractivity contribution in [1.82, 2.24) is 0 Å². The Morgan fingerprint density at radius 2 is 1.97 bits per heavy atom. The number of nitrogens with zero attached hydrogens (tertiary/aromatic N) is 1. The predicted molar refractivity (Wildman–Crippen MR) is 140 cm³/mol. The fourth-order valence-corrected chi connectivity index (χ4v) is 5.81. The molecule has 31 heavy (non-hydrogen) atoms. The molecule has 0 N–H and O–H groups in total.